The van der Waals surface area contributed by atoms with E-state index in [9.17, 15) is 0 Å². The molecule has 1 atom stereocenters. The van der Waals surface area contributed by atoms with E-state index in [2.05, 4.69) is 28.7 Å². The molecule has 0 bridgehead atoms. The zero-order valence-electron chi connectivity index (χ0n) is 12.7. The van der Waals surface area contributed by atoms with Crippen molar-refractivity contribution in [3.05, 3.63) is 12.4 Å². The Morgan fingerprint density at radius 1 is 1.50 bits per heavy atom. The number of ether oxygens (including phenoxy) is 2. The Bertz CT molecular complexity index is 451. The van der Waals surface area contributed by atoms with Gasteiger partial charge in [-0.15, -0.1) is 0 Å². The standard InChI is InChI=1S/C14H24N4O2/c1-10(2)19-13-5-12(16-9-17-13)18-7-11(6-15)20-14(3,4)8-18/h5,9-11H,6-8,15H2,1-4H3. The van der Waals surface area contributed by atoms with E-state index in [1.165, 1.54) is 6.33 Å². The summed E-state index contributed by atoms with van der Waals surface area (Å²) >= 11 is 0. The predicted molar refractivity (Wildman–Crippen MR) is 78.0 cm³/mol. The summed E-state index contributed by atoms with van der Waals surface area (Å²) in [7, 11) is 0. The van der Waals surface area contributed by atoms with Gasteiger partial charge in [0.25, 0.3) is 0 Å². The van der Waals surface area contributed by atoms with Crippen LogP contribution in [0.5, 0.6) is 5.88 Å². The second-order valence-corrected chi connectivity index (χ2v) is 6.00. The minimum absolute atomic E-state index is 0.0168. The van der Waals surface area contributed by atoms with Gasteiger partial charge in [-0.25, -0.2) is 9.97 Å². The van der Waals surface area contributed by atoms with Crippen LogP contribution in [-0.2, 0) is 4.74 Å². The fourth-order valence-corrected chi connectivity index (χ4v) is 2.40. The van der Waals surface area contributed by atoms with Gasteiger partial charge in [0.15, 0.2) is 0 Å². The summed E-state index contributed by atoms with van der Waals surface area (Å²) in [6.45, 7) is 10.1. The first-order chi connectivity index (χ1) is 9.39. The molecular formula is C14H24N4O2. The van der Waals surface area contributed by atoms with E-state index in [0.717, 1.165) is 18.9 Å². The fourth-order valence-electron chi connectivity index (χ4n) is 2.40. The lowest BCUT2D eigenvalue weighted by Gasteiger charge is -2.43. The first-order valence-corrected chi connectivity index (χ1v) is 7.01. The molecule has 112 valence electrons. The van der Waals surface area contributed by atoms with Gasteiger partial charge in [0.05, 0.1) is 17.8 Å². The lowest BCUT2D eigenvalue weighted by atomic mass is 10.1. The van der Waals surface area contributed by atoms with Crippen LogP contribution in [0.1, 0.15) is 27.7 Å². The second kappa shape index (κ2) is 5.93. The highest BCUT2D eigenvalue weighted by molar-refractivity contribution is 5.42. The van der Waals surface area contributed by atoms with Crippen LogP contribution in [0.4, 0.5) is 5.82 Å². The molecular weight excluding hydrogens is 256 g/mol. The maximum Gasteiger partial charge on any atom is 0.218 e. The van der Waals surface area contributed by atoms with Crippen LogP contribution in [0.15, 0.2) is 12.4 Å². The van der Waals surface area contributed by atoms with E-state index >= 15 is 0 Å². The van der Waals surface area contributed by atoms with Crippen LogP contribution in [0.25, 0.3) is 0 Å². The molecule has 6 heteroatoms. The molecule has 1 aromatic heterocycles. The normalized spacial score (nSPS) is 22.1. The Morgan fingerprint density at radius 2 is 2.25 bits per heavy atom. The molecule has 2 rings (SSSR count). The quantitative estimate of drug-likeness (QED) is 0.893. The van der Waals surface area contributed by atoms with Crippen molar-refractivity contribution in [3.63, 3.8) is 0 Å². The molecule has 0 aliphatic carbocycles. The zero-order valence-corrected chi connectivity index (χ0v) is 12.7. The lowest BCUT2D eigenvalue weighted by molar-refractivity contribution is -0.0790. The number of morpholine rings is 1. The molecule has 0 spiro atoms. The van der Waals surface area contributed by atoms with Crippen LogP contribution < -0.4 is 15.4 Å². The van der Waals surface area contributed by atoms with Gasteiger partial charge in [-0.05, 0) is 27.7 Å². The largest absolute Gasteiger partial charge is 0.475 e. The van der Waals surface area contributed by atoms with Crippen molar-refractivity contribution in [2.45, 2.75) is 45.5 Å². The van der Waals surface area contributed by atoms with Gasteiger partial charge in [-0.2, -0.15) is 0 Å². The minimum atomic E-state index is -0.244. The Morgan fingerprint density at radius 3 is 2.90 bits per heavy atom. The summed E-state index contributed by atoms with van der Waals surface area (Å²) in [6.07, 6.45) is 1.64. The summed E-state index contributed by atoms with van der Waals surface area (Å²) < 4.78 is 11.5. The van der Waals surface area contributed by atoms with Gasteiger partial charge in [0.1, 0.15) is 12.1 Å². The van der Waals surface area contributed by atoms with Crippen LogP contribution in [0.2, 0.25) is 0 Å². The number of hydrogen-bond acceptors (Lipinski definition) is 6. The average molecular weight is 280 g/mol. The summed E-state index contributed by atoms with van der Waals surface area (Å²) in [6, 6.07) is 1.87. The van der Waals surface area contributed by atoms with Crippen molar-refractivity contribution < 1.29 is 9.47 Å². The highest BCUT2D eigenvalue weighted by Gasteiger charge is 2.33. The molecule has 1 aliphatic rings. The van der Waals surface area contributed by atoms with Crippen LogP contribution in [0, 0.1) is 0 Å². The molecule has 20 heavy (non-hydrogen) atoms. The smallest absolute Gasteiger partial charge is 0.218 e. The topological polar surface area (TPSA) is 73.5 Å². The molecule has 2 heterocycles. The molecule has 1 unspecified atom stereocenters. The van der Waals surface area contributed by atoms with E-state index in [-0.39, 0.29) is 17.8 Å². The second-order valence-electron chi connectivity index (χ2n) is 6.00. The monoisotopic (exact) mass is 280 g/mol. The van der Waals surface area contributed by atoms with E-state index < -0.39 is 0 Å². The fraction of sp³-hybridized carbons (Fsp3) is 0.714. The van der Waals surface area contributed by atoms with Gasteiger partial charge in [-0.1, -0.05) is 0 Å². The maximum absolute atomic E-state index is 5.93. The van der Waals surface area contributed by atoms with E-state index in [1.54, 1.807) is 0 Å². The molecule has 0 radical (unpaired) electrons. The summed E-state index contributed by atoms with van der Waals surface area (Å²) in [5, 5.41) is 0. The van der Waals surface area contributed by atoms with E-state index in [4.69, 9.17) is 15.2 Å². The molecule has 2 N–H and O–H groups in total. The van der Waals surface area contributed by atoms with Crippen LogP contribution in [0.3, 0.4) is 0 Å². The van der Waals surface area contributed by atoms with Crippen molar-refractivity contribution in [1.82, 2.24) is 9.97 Å². The van der Waals surface area contributed by atoms with Gasteiger partial charge >= 0.3 is 0 Å². The van der Waals surface area contributed by atoms with Gasteiger partial charge in [-0.3, -0.25) is 0 Å². The van der Waals surface area contributed by atoms with Gasteiger partial charge in [0, 0.05) is 25.7 Å². The molecule has 1 saturated heterocycles. The van der Waals surface area contributed by atoms with Crippen molar-refractivity contribution in [3.8, 4) is 5.88 Å². The zero-order chi connectivity index (χ0) is 14.8. The SMILES string of the molecule is CC(C)Oc1cc(N2CC(CN)OC(C)(C)C2)ncn1. The van der Waals surface area contributed by atoms with Crippen molar-refractivity contribution in [2.75, 3.05) is 24.5 Å². The van der Waals surface area contributed by atoms with Gasteiger partial charge in [0.2, 0.25) is 5.88 Å². The van der Waals surface area contributed by atoms with E-state index in [1.807, 2.05) is 19.9 Å². The molecule has 1 aliphatic heterocycles. The summed E-state index contributed by atoms with van der Waals surface area (Å²) in [5.41, 5.74) is 5.51. The Kier molecular flexibility index (Phi) is 4.45. The Labute approximate surface area is 120 Å². The predicted octanol–water partition coefficient (Wildman–Crippen LogP) is 1.21. The molecule has 0 amide bonds. The van der Waals surface area contributed by atoms with E-state index in [0.29, 0.717) is 12.4 Å². The van der Waals surface area contributed by atoms with Crippen molar-refractivity contribution in [1.29, 1.82) is 0 Å². The highest BCUT2D eigenvalue weighted by atomic mass is 16.5. The number of anilines is 1. The molecule has 1 aromatic rings. The van der Waals surface area contributed by atoms with Crippen molar-refractivity contribution >= 4 is 5.82 Å². The summed E-state index contributed by atoms with van der Waals surface area (Å²) in [4.78, 5) is 10.7. The van der Waals surface area contributed by atoms with Crippen molar-refractivity contribution in [2.24, 2.45) is 5.73 Å². The first-order valence-electron chi connectivity index (χ1n) is 7.01. The number of nitrogens with two attached hydrogens (primary N) is 1. The van der Waals surface area contributed by atoms with Crippen LogP contribution >= 0.6 is 0 Å². The average Bonchev–Trinajstić information content (AvgIpc) is 2.36. The number of nitrogens with zero attached hydrogens (tertiary/aromatic N) is 3. The maximum atomic E-state index is 5.93. The van der Waals surface area contributed by atoms with Gasteiger partial charge < -0.3 is 20.1 Å². The van der Waals surface area contributed by atoms with Crippen LogP contribution in [-0.4, -0.2) is 47.4 Å². The number of hydrogen-bond donors (Lipinski definition) is 1. The molecule has 6 nitrogen and oxygen atoms in total. The third-order valence-electron chi connectivity index (χ3n) is 3.05. The third kappa shape index (κ3) is 3.80. The number of rotatable bonds is 4. The molecule has 1 fully saturated rings. The first kappa shape index (κ1) is 15.0. The Balaban J connectivity index is 2.17. The summed E-state index contributed by atoms with van der Waals surface area (Å²) in [5.74, 6) is 1.45. The lowest BCUT2D eigenvalue weighted by Crippen LogP contribution is -2.55. The third-order valence-corrected chi connectivity index (χ3v) is 3.05. The highest BCUT2D eigenvalue weighted by Crippen LogP contribution is 2.25. The molecule has 0 aromatic carbocycles. The Hall–Kier alpha value is -1.40. The number of aromatic nitrogens is 2. The molecule has 0 saturated carbocycles. The minimum Gasteiger partial charge on any atom is -0.475 e.